The first-order valence-corrected chi connectivity index (χ1v) is 8.79. The highest BCUT2D eigenvalue weighted by atomic mass is 16.5. The lowest BCUT2D eigenvalue weighted by Crippen LogP contribution is -2.15. The topological polar surface area (TPSA) is 85.4 Å². The molecule has 0 fully saturated rings. The Balaban J connectivity index is 1.65. The maximum absolute atomic E-state index is 12.4. The molecule has 0 saturated heterocycles. The first-order chi connectivity index (χ1) is 13.6. The van der Waals surface area contributed by atoms with Crippen LogP contribution in [0.25, 0.3) is 0 Å². The Morgan fingerprint density at radius 2 is 1.68 bits per heavy atom. The molecule has 7 heteroatoms. The minimum Gasteiger partial charge on any atom is -0.493 e. The zero-order valence-corrected chi connectivity index (χ0v) is 16.0. The van der Waals surface area contributed by atoms with E-state index in [0.717, 1.165) is 5.56 Å². The molecule has 0 aliphatic heterocycles. The molecule has 0 radical (unpaired) electrons. The third-order valence-electron chi connectivity index (χ3n) is 4.20. The molecule has 1 atom stereocenters. The zero-order valence-electron chi connectivity index (χ0n) is 16.0. The molecule has 1 aromatic heterocycles. The molecule has 0 bridgehead atoms. The highest BCUT2D eigenvalue weighted by Crippen LogP contribution is 2.29. The minimum absolute atomic E-state index is 0.0712. The SMILES string of the molecule is COc1ccc(NC(=O)c2ccc(NC(C)c3ccccc3)nn2)cc1OC. The fourth-order valence-electron chi connectivity index (χ4n) is 2.69. The summed E-state index contributed by atoms with van der Waals surface area (Å²) in [6.07, 6.45) is 0. The van der Waals surface area contributed by atoms with Gasteiger partial charge >= 0.3 is 0 Å². The van der Waals surface area contributed by atoms with E-state index < -0.39 is 0 Å². The van der Waals surface area contributed by atoms with Gasteiger partial charge in [-0.2, -0.15) is 0 Å². The average Bonchev–Trinajstić information content (AvgIpc) is 2.74. The summed E-state index contributed by atoms with van der Waals surface area (Å²) in [5, 5.41) is 14.2. The van der Waals surface area contributed by atoms with Crippen LogP contribution in [0.15, 0.2) is 60.7 Å². The van der Waals surface area contributed by atoms with Gasteiger partial charge in [0, 0.05) is 17.8 Å². The van der Waals surface area contributed by atoms with E-state index in [2.05, 4.69) is 20.8 Å². The van der Waals surface area contributed by atoms with E-state index in [4.69, 9.17) is 9.47 Å². The first kappa shape index (κ1) is 19.2. The molecule has 3 rings (SSSR count). The number of carbonyl (C=O) groups is 1. The second-order valence-corrected chi connectivity index (χ2v) is 6.10. The monoisotopic (exact) mass is 378 g/mol. The molecule has 144 valence electrons. The average molecular weight is 378 g/mol. The van der Waals surface area contributed by atoms with Crippen LogP contribution in [0.3, 0.4) is 0 Å². The molecule has 28 heavy (non-hydrogen) atoms. The highest BCUT2D eigenvalue weighted by molar-refractivity contribution is 6.02. The number of anilines is 2. The summed E-state index contributed by atoms with van der Waals surface area (Å²) >= 11 is 0. The van der Waals surface area contributed by atoms with E-state index in [9.17, 15) is 4.79 Å². The van der Waals surface area contributed by atoms with Gasteiger partial charge in [-0.25, -0.2) is 0 Å². The number of rotatable bonds is 7. The van der Waals surface area contributed by atoms with Crippen LogP contribution in [0.5, 0.6) is 11.5 Å². The fraction of sp³-hybridized carbons (Fsp3) is 0.190. The van der Waals surface area contributed by atoms with Gasteiger partial charge in [-0.3, -0.25) is 4.79 Å². The van der Waals surface area contributed by atoms with Crippen LogP contribution in [0.1, 0.15) is 29.0 Å². The van der Waals surface area contributed by atoms with Gasteiger partial charge in [0.2, 0.25) is 0 Å². The summed E-state index contributed by atoms with van der Waals surface area (Å²) < 4.78 is 10.4. The van der Waals surface area contributed by atoms with Crippen molar-refractivity contribution >= 4 is 17.4 Å². The number of amides is 1. The second-order valence-electron chi connectivity index (χ2n) is 6.10. The zero-order chi connectivity index (χ0) is 19.9. The van der Waals surface area contributed by atoms with Gasteiger partial charge in [0.1, 0.15) is 5.82 Å². The molecule has 2 aromatic carbocycles. The minimum atomic E-state index is -0.359. The molecular formula is C21H22N4O3. The molecule has 0 aliphatic carbocycles. The molecule has 7 nitrogen and oxygen atoms in total. The van der Waals surface area contributed by atoms with E-state index in [0.29, 0.717) is 23.0 Å². The largest absolute Gasteiger partial charge is 0.493 e. The maximum Gasteiger partial charge on any atom is 0.276 e. The summed E-state index contributed by atoms with van der Waals surface area (Å²) in [5.41, 5.74) is 1.93. The van der Waals surface area contributed by atoms with Crippen molar-refractivity contribution in [2.45, 2.75) is 13.0 Å². The van der Waals surface area contributed by atoms with Crippen molar-refractivity contribution < 1.29 is 14.3 Å². The molecule has 0 aliphatic rings. The van der Waals surface area contributed by atoms with Gasteiger partial charge in [-0.05, 0) is 36.8 Å². The predicted molar refractivity (Wildman–Crippen MR) is 108 cm³/mol. The van der Waals surface area contributed by atoms with Crippen LogP contribution in [-0.2, 0) is 0 Å². The van der Waals surface area contributed by atoms with Crippen molar-refractivity contribution in [1.29, 1.82) is 0 Å². The van der Waals surface area contributed by atoms with Crippen LogP contribution in [0, 0.1) is 0 Å². The van der Waals surface area contributed by atoms with Crippen LogP contribution in [0.2, 0.25) is 0 Å². The molecule has 1 heterocycles. The molecule has 1 unspecified atom stereocenters. The van der Waals surface area contributed by atoms with Gasteiger partial charge < -0.3 is 20.1 Å². The van der Waals surface area contributed by atoms with Gasteiger partial charge in [0.15, 0.2) is 17.2 Å². The van der Waals surface area contributed by atoms with Gasteiger partial charge in [-0.1, -0.05) is 30.3 Å². The van der Waals surface area contributed by atoms with Crippen molar-refractivity contribution in [2.24, 2.45) is 0 Å². The van der Waals surface area contributed by atoms with E-state index in [-0.39, 0.29) is 17.6 Å². The van der Waals surface area contributed by atoms with Crippen molar-refractivity contribution in [1.82, 2.24) is 10.2 Å². The van der Waals surface area contributed by atoms with Crippen LogP contribution >= 0.6 is 0 Å². The number of nitrogens with zero attached hydrogens (tertiary/aromatic N) is 2. The van der Waals surface area contributed by atoms with Crippen LogP contribution in [0.4, 0.5) is 11.5 Å². The summed E-state index contributed by atoms with van der Waals surface area (Å²) in [6.45, 7) is 2.04. The molecule has 1 amide bonds. The molecule has 0 spiro atoms. The Morgan fingerprint density at radius 1 is 0.929 bits per heavy atom. The van der Waals surface area contributed by atoms with Crippen LogP contribution < -0.4 is 20.1 Å². The summed E-state index contributed by atoms with van der Waals surface area (Å²) in [7, 11) is 3.09. The number of nitrogens with one attached hydrogen (secondary N) is 2. The lowest BCUT2D eigenvalue weighted by atomic mass is 10.1. The lowest BCUT2D eigenvalue weighted by Gasteiger charge is -2.14. The third kappa shape index (κ3) is 4.56. The Hall–Kier alpha value is -3.61. The number of ether oxygens (including phenoxy) is 2. The lowest BCUT2D eigenvalue weighted by molar-refractivity contribution is 0.102. The number of methoxy groups -OCH3 is 2. The van der Waals surface area contributed by atoms with Gasteiger partial charge in [0.05, 0.1) is 14.2 Å². The van der Waals surface area contributed by atoms with E-state index in [1.54, 1.807) is 37.4 Å². The summed E-state index contributed by atoms with van der Waals surface area (Å²) in [4.78, 5) is 12.4. The smallest absolute Gasteiger partial charge is 0.276 e. The number of aromatic nitrogens is 2. The standard InChI is InChI=1S/C21H22N4O3/c1-14(15-7-5-4-6-8-15)22-20-12-10-17(24-25-20)21(26)23-16-9-11-18(27-2)19(13-16)28-3/h4-14H,1-3H3,(H,22,25)(H,23,26). The van der Waals surface area contributed by atoms with Crippen molar-refractivity contribution in [3.05, 3.63) is 71.9 Å². The Labute approximate surface area is 163 Å². The van der Waals surface area contributed by atoms with Crippen molar-refractivity contribution in [2.75, 3.05) is 24.9 Å². The summed E-state index contributed by atoms with van der Waals surface area (Å²) in [6, 6.07) is 18.6. The first-order valence-electron chi connectivity index (χ1n) is 8.79. The Kier molecular flexibility index (Phi) is 6.06. The van der Waals surface area contributed by atoms with Gasteiger partial charge in [0.25, 0.3) is 5.91 Å². The molecule has 3 aromatic rings. The number of hydrogen-bond acceptors (Lipinski definition) is 6. The molecular weight excluding hydrogens is 356 g/mol. The summed E-state index contributed by atoms with van der Waals surface area (Å²) in [5.74, 6) is 1.35. The Bertz CT molecular complexity index is 930. The number of hydrogen-bond donors (Lipinski definition) is 2. The maximum atomic E-state index is 12.4. The normalized spacial score (nSPS) is 11.4. The third-order valence-corrected chi connectivity index (χ3v) is 4.20. The van der Waals surface area contributed by atoms with Gasteiger partial charge in [-0.15, -0.1) is 10.2 Å². The molecule has 0 saturated carbocycles. The van der Waals surface area contributed by atoms with E-state index in [1.807, 2.05) is 37.3 Å². The number of carbonyl (C=O) groups excluding carboxylic acids is 1. The van der Waals surface area contributed by atoms with Crippen molar-refractivity contribution in [3.63, 3.8) is 0 Å². The molecule has 2 N–H and O–H groups in total. The predicted octanol–water partition coefficient (Wildman–Crippen LogP) is 3.92. The van der Waals surface area contributed by atoms with Crippen molar-refractivity contribution in [3.8, 4) is 11.5 Å². The van der Waals surface area contributed by atoms with E-state index in [1.165, 1.54) is 7.11 Å². The quantitative estimate of drug-likeness (QED) is 0.648. The highest BCUT2D eigenvalue weighted by Gasteiger charge is 2.12. The van der Waals surface area contributed by atoms with Crippen LogP contribution in [-0.4, -0.2) is 30.3 Å². The second kappa shape index (κ2) is 8.85. The Morgan fingerprint density at radius 3 is 2.32 bits per heavy atom. The fourth-order valence-corrected chi connectivity index (χ4v) is 2.69. The van der Waals surface area contributed by atoms with E-state index >= 15 is 0 Å². The number of benzene rings is 2.